The number of rotatable bonds is 5. The monoisotopic (exact) mass is 934 g/mol. The number of carbonyl (C=O) groups excluding carboxylic acids is 2. The molecule has 2 radical (unpaired) electrons. The third-order valence-corrected chi connectivity index (χ3v) is 10.9. The molecule has 2 atom stereocenters. The van der Waals surface area contributed by atoms with Crippen molar-refractivity contribution < 1.29 is 18.4 Å². The van der Waals surface area contributed by atoms with Gasteiger partial charge in [-0.15, -0.1) is 0 Å². The first-order chi connectivity index (χ1) is 17.7. The normalized spacial score (nSPS) is 12.1. The summed E-state index contributed by atoms with van der Waals surface area (Å²) in [6, 6.07) is 9.39. The van der Waals surface area contributed by atoms with E-state index in [4.69, 9.17) is 0 Å². The van der Waals surface area contributed by atoms with Crippen LogP contribution in [0.5, 0.6) is 0 Å². The second kappa shape index (κ2) is 20.9. The molecule has 0 aliphatic carbocycles. The molecule has 0 saturated carbocycles. The molecule has 0 aromatic heterocycles. The van der Waals surface area contributed by atoms with E-state index < -0.39 is 57.9 Å². The van der Waals surface area contributed by atoms with Crippen molar-refractivity contribution >= 4 is 89.2 Å². The second-order valence-corrected chi connectivity index (χ2v) is 44.0. The third kappa shape index (κ3) is 21.5. The Kier molecular flexibility index (Phi) is 22.1. The van der Waals surface area contributed by atoms with E-state index in [1.54, 1.807) is 19.1 Å². The van der Waals surface area contributed by atoms with Gasteiger partial charge >= 0.3 is 176 Å². The van der Waals surface area contributed by atoms with Gasteiger partial charge in [-0.1, -0.05) is 15.9 Å². The van der Waals surface area contributed by atoms with Gasteiger partial charge in [-0.05, 0) is 25.1 Å². The number of hydrogen-bond donors (Lipinski definition) is 2. The van der Waals surface area contributed by atoms with Crippen LogP contribution >= 0.6 is 15.9 Å². The fourth-order valence-electron chi connectivity index (χ4n) is 2.95. The predicted octanol–water partition coefficient (Wildman–Crippen LogP) is 8.09. The van der Waals surface area contributed by atoms with Gasteiger partial charge < -0.3 is 5.32 Å². The molecule has 2 aromatic carbocycles. The zero-order chi connectivity index (χ0) is 31.1. The predicted molar refractivity (Wildman–Crippen MR) is 175 cm³/mol. The molecule has 0 aliphatic heterocycles. The quantitative estimate of drug-likeness (QED) is 0.298. The van der Waals surface area contributed by atoms with Crippen molar-refractivity contribution in [3.05, 3.63) is 63.6 Å². The van der Waals surface area contributed by atoms with E-state index in [2.05, 4.69) is 71.0 Å². The summed E-state index contributed by atoms with van der Waals surface area (Å²) in [4.78, 5) is 42.8. The van der Waals surface area contributed by atoms with E-state index in [1.807, 2.05) is 19.1 Å². The minimum absolute atomic E-state index is 0.137. The van der Waals surface area contributed by atoms with E-state index in [-0.39, 0.29) is 35.5 Å². The molecule has 2 unspecified atom stereocenters. The standard InChI is InChI=1S/C10H11BrFNO.C10H11FNO.9CH3.3Sn/c1-6(13-7(2)14)9-5-8(11)3-4-10(9)12;1-7(12-8(2)13)9-5-3-4-6-10(9)11;;;;;;;;;;;;/h3-6H,1-2H3,(H,13,14);4-7H,1-2H3,(H,12,13);9*1H3;;;. The molecule has 4 nitrogen and oxygen atoms in total. The first kappa shape index (κ1) is 41.3. The van der Waals surface area contributed by atoms with E-state index in [0.29, 0.717) is 11.1 Å². The Morgan fingerprint density at radius 3 is 1.41 bits per heavy atom. The Bertz CT molecular complexity index is 1020. The minimum atomic E-state index is -2.18. The Morgan fingerprint density at radius 1 is 0.744 bits per heavy atom. The fourth-order valence-corrected chi connectivity index (χ4v) is 6.68. The van der Waals surface area contributed by atoms with Gasteiger partial charge in [-0.2, -0.15) is 0 Å². The average Bonchev–Trinajstić information content (AvgIpc) is 2.73. The van der Waals surface area contributed by atoms with Crippen LogP contribution in [0.1, 0.15) is 50.9 Å². The molecule has 0 spiro atoms. The van der Waals surface area contributed by atoms with Crippen LogP contribution in [0, 0.1) is 11.6 Å². The molecular weight excluding hydrogens is 882 g/mol. The Labute approximate surface area is 263 Å². The van der Waals surface area contributed by atoms with E-state index in [9.17, 15) is 18.4 Å². The number of nitrogens with one attached hydrogen (secondary N) is 2. The molecule has 2 N–H and O–H groups in total. The molecule has 0 bridgehead atoms. The summed E-state index contributed by atoms with van der Waals surface area (Å²) in [7, 11) is 0. The maximum absolute atomic E-state index is 13.7. The molecule has 39 heavy (non-hydrogen) atoms. The summed E-state index contributed by atoms with van der Waals surface area (Å²) in [5.41, 5.74) is 1.07. The molecule has 2 aromatic rings. The molecule has 2 rings (SSSR count). The van der Waals surface area contributed by atoms with Crippen molar-refractivity contribution in [3.8, 4) is 0 Å². The van der Waals surface area contributed by atoms with Crippen LogP contribution in [0.3, 0.4) is 0 Å². The van der Waals surface area contributed by atoms with Crippen LogP contribution in [0.15, 0.2) is 40.9 Å². The summed E-state index contributed by atoms with van der Waals surface area (Å²) < 4.78 is 29.1. The van der Waals surface area contributed by atoms with Gasteiger partial charge in [0.2, 0.25) is 5.91 Å². The van der Waals surface area contributed by atoms with Gasteiger partial charge in [-0.3, -0.25) is 4.79 Å². The Hall–Kier alpha value is 0.116. The number of hydrogen-bond acceptors (Lipinski definition) is 2. The summed E-state index contributed by atoms with van der Waals surface area (Å²) in [5, 5.41) is 5.35. The van der Waals surface area contributed by atoms with Crippen molar-refractivity contribution in [3.63, 3.8) is 0 Å². The van der Waals surface area contributed by atoms with Crippen LogP contribution in [0.2, 0.25) is 44.5 Å². The number of halogens is 3. The van der Waals surface area contributed by atoms with Crippen molar-refractivity contribution in [1.82, 2.24) is 10.6 Å². The van der Waals surface area contributed by atoms with Gasteiger partial charge in [0.25, 0.3) is 0 Å². The third-order valence-electron chi connectivity index (χ3n) is 4.59. The Morgan fingerprint density at radius 2 is 1.08 bits per heavy atom. The number of carbonyl (C=O) groups is 2. The van der Waals surface area contributed by atoms with Gasteiger partial charge in [0.15, 0.2) is 0 Å². The van der Waals surface area contributed by atoms with Crippen molar-refractivity contribution in [2.45, 2.75) is 84.2 Å². The first-order valence-electron chi connectivity index (χ1n) is 13.0. The summed E-state index contributed by atoms with van der Waals surface area (Å²) in [6.07, 6.45) is 0. The van der Waals surface area contributed by atoms with E-state index >= 15 is 0 Å². The van der Waals surface area contributed by atoms with E-state index in [0.717, 1.165) is 4.47 Å². The number of amides is 2. The molecule has 2 amide bonds. The molecular formula is C29H49BrF2N2O2Sn3. The van der Waals surface area contributed by atoms with Crippen molar-refractivity contribution in [2.75, 3.05) is 0 Å². The zero-order valence-electron chi connectivity index (χ0n) is 26.1. The van der Waals surface area contributed by atoms with Crippen LogP contribution < -0.4 is 14.2 Å². The number of benzene rings is 2. The summed E-state index contributed by atoms with van der Waals surface area (Å²) in [6.45, 7) is 6.40. The van der Waals surface area contributed by atoms with Gasteiger partial charge in [0.05, 0.1) is 6.04 Å². The topological polar surface area (TPSA) is 58.2 Å². The molecule has 10 heteroatoms. The van der Waals surface area contributed by atoms with Crippen molar-refractivity contribution in [1.29, 1.82) is 0 Å². The van der Waals surface area contributed by atoms with Crippen LogP contribution in [0.25, 0.3) is 0 Å². The first-order valence-corrected chi connectivity index (χ1v) is 40.9. The van der Waals surface area contributed by atoms with Crippen LogP contribution in [-0.2, 0) is 9.59 Å². The fraction of sp³-hybridized carbons (Fsp3) is 0.517. The van der Waals surface area contributed by atoms with Gasteiger partial charge in [-0.25, -0.2) is 4.39 Å². The van der Waals surface area contributed by atoms with Crippen LogP contribution in [0.4, 0.5) is 8.78 Å². The molecule has 0 fully saturated rings. The molecule has 0 saturated heterocycles. The molecule has 0 aliphatic rings. The molecule has 0 heterocycles. The van der Waals surface area contributed by atoms with E-state index in [1.165, 1.54) is 29.6 Å². The van der Waals surface area contributed by atoms with Gasteiger partial charge in [0, 0.05) is 17.0 Å². The van der Waals surface area contributed by atoms with Gasteiger partial charge in [0.1, 0.15) is 5.82 Å². The summed E-state index contributed by atoms with van der Waals surface area (Å²) in [5.74, 6) is -0.863. The summed E-state index contributed by atoms with van der Waals surface area (Å²) >= 11 is -0.0168. The Balaban J connectivity index is 0. The second-order valence-electron chi connectivity index (χ2n) is 11.5. The molecule has 220 valence electrons. The maximum atomic E-state index is 13.7. The zero-order valence-corrected chi connectivity index (χ0v) is 36.2. The SMILES string of the molecule is CC(=O)NC(C)c1c[c]([Sn]([CH3])([CH3])[CH3])ccc1F.CC(=O)NC(C)c1cc(Br)ccc1F.[CH3][Sn]([CH3])[CH3].[CH3][Sn]([CH3])[CH3]. The van der Waals surface area contributed by atoms with Crippen LogP contribution in [-0.4, -0.2) is 69.7 Å². The average molecular weight is 932 g/mol. The van der Waals surface area contributed by atoms with Crippen molar-refractivity contribution in [2.24, 2.45) is 0 Å².